The van der Waals surface area contributed by atoms with Gasteiger partial charge in [0.05, 0.1) is 0 Å². The Labute approximate surface area is 149 Å². The second-order valence-electron chi connectivity index (χ2n) is 5.80. The van der Waals surface area contributed by atoms with Crippen molar-refractivity contribution in [1.29, 1.82) is 0 Å². The molecule has 0 unspecified atom stereocenters. The highest BCUT2D eigenvalue weighted by molar-refractivity contribution is 5.77. The summed E-state index contributed by atoms with van der Waals surface area (Å²) in [5.74, 6) is 1.27. The number of carbonyl (C=O) groups excluding carboxylic acids is 1. The van der Waals surface area contributed by atoms with Crippen molar-refractivity contribution in [3.63, 3.8) is 0 Å². The van der Waals surface area contributed by atoms with Gasteiger partial charge in [-0.25, -0.2) is 0 Å². The van der Waals surface area contributed by atoms with E-state index in [1.54, 1.807) is 12.1 Å². The molecule has 0 aliphatic heterocycles. The van der Waals surface area contributed by atoms with Gasteiger partial charge in [-0.05, 0) is 43.3 Å². The van der Waals surface area contributed by atoms with Gasteiger partial charge in [0, 0.05) is 12.6 Å². The Morgan fingerprint density at radius 1 is 1.00 bits per heavy atom. The van der Waals surface area contributed by atoms with E-state index in [0.29, 0.717) is 18.9 Å². The number of ether oxygens (including phenoxy) is 2. The Hall–Kier alpha value is -2.53. The fourth-order valence-corrected chi connectivity index (χ4v) is 2.26. The van der Waals surface area contributed by atoms with Crippen LogP contribution in [0, 0.1) is 0 Å². The molecule has 2 aromatic rings. The van der Waals surface area contributed by atoms with Crippen molar-refractivity contribution < 1.29 is 14.3 Å². The summed E-state index contributed by atoms with van der Waals surface area (Å²) < 4.78 is 11.2. The maximum absolute atomic E-state index is 11.8. The minimum atomic E-state index is -0.130. The lowest BCUT2D eigenvalue weighted by molar-refractivity contribution is -0.123. The minimum Gasteiger partial charge on any atom is -0.489 e. The molecule has 0 aromatic heterocycles. The molecule has 1 atom stereocenters. The summed E-state index contributed by atoms with van der Waals surface area (Å²) in [5.41, 5.74) is 1.12. The summed E-state index contributed by atoms with van der Waals surface area (Å²) in [6.07, 6.45) is 0. The largest absolute Gasteiger partial charge is 0.489 e. The van der Waals surface area contributed by atoms with Crippen molar-refractivity contribution in [2.75, 3.05) is 19.7 Å². The summed E-state index contributed by atoms with van der Waals surface area (Å²) in [5, 5.41) is 6.07. The van der Waals surface area contributed by atoms with Crippen LogP contribution in [-0.4, -0.2) is 31.6 Å². The van der Waals surface area contributed by atoms with Crippen molar-refractivity contribution in [3.8, 4) is 11.5 Å². The molecular formula is C20H26N2O3. The van der Waals surface area contributed by atoms with Gasteiger partial charge in [0.25, 0.3) is 5.91 Å². The predicted octanol–water partition coefficient (Wildman–Crippen LogP) is 2.76. The smallest absolute Gasteiger partial charge is 0.257 e. The van der Waals surface area contributed by atoms with Crippen LogP contribution in [0.4, 0.5) is 0 Å². The van der Waals surface area contributed by atoms with Crippen LogP contribution in [0.3, 0.4) is 0 Å². The maximum atomic E-state index is 11.8. The molecule has 5 nitrogen and oxygen atoms in total. The standard InChI is InChI=1S/C20H26N2O3/c1-3-21-16(2)13-22-20(23)15-25-19-11-9-18(10-12-19)24-14-17-7-5-4-6-8-17/h4-12,16,21H,3,13-15H2,1-2H3,(H,22,23)/t16-/m1/s1. The van der Waals surface area contributed by atoms with Crippen molar-refractivity contribution in [2.24, 2.45) is 0 Å². The van der Waals surface area contributed by atoms with Gasteiger partial charge in [0.1, 0.15) is 18.1 Å². The molecule has 1 amide bonds. The summed E-state index contributed by atoms with van der Waals surface area (Å²) in [6, 6.07) is 17.5. The number of rotatable bonds is 10. The van der Waals surface area contributed by atoms with Crippen LogP contribution >= 0.6 is 0 Å². The first-order valence-corrected chi connectivity index (χ1v) is 8.57. The van der Waals surface area contributed by atoms with E-state index >= 15 is 0 Å². The molecule has 0 bridgehead atoms. The first-order chi connectivity index (χ1) is 12.2. The second-order valence-corrected chi connectivity index (χ2v) is 5.80. The number of benzene rings is 2. The zero-order valence-corrected chi connectivity index (χ0v) is 14.8. The van der Waals surface area contributed by atoms with Crippen LogP contribution in [0.15, 0.2) is 54.6 Å². The molecular weight excluding hydrogens is 316 g/mol. The Morgan fingerprint density at radius 3 is 2.28 bits per heavy atom. The number of nitrogens with one attached hydrogen (secondary N) is 2. The molecule has 0 fully saturated rings. The fourth-order valence-electron chi connectivity index (χ4n) is 2.26. The van der Waals surface area contributed by atoms with E-state index in [1.807, 2.05) is 56.3 Å². The lowest BCUT2D eigenvalue weighted by Gasteiger charge is -2.13. The van der Waals surface area contributed by atoms with Crippen LogP contribution in [-0.2, 0) is 11.4 Å². The van der Waals surface area contributed by atoms with Crippen molar-refractivity contribution in [1.82, 2.24) is 10.6 Å². The number of likely N-dealkylation sites (N-methyl/N-ethyl adjacent to an activating group) is 1. The minimum absolute atomic E-state index is 0.00304. The number of hydrogen-bond donors (Lipinski definition) is 2. The molecule has 25 heavy (non-hydrogen) atoms. The monoisotopic (exact) mass is 342 g/mol. The predicted molar refractivity (Wildman–Crippen MR) is 98.9 cm³/mol. The molecule has 0 aliphatic carbocycles. The normalized spacial score (nSPS) is 11.6. The average Bonchev–Trinajstić information content (AvgIpc) is 2.65. The van der Waals surface area contributed by atoms with Crippen molar-refractivity contribution in [2.45, 2.75) is 26.5 Å². The first-order valence-electron chi connectivity index (χ1n) is 8.57. The summed E-state index contributed by atoms with van der Waals surface area (Å²) in [7, 11) is 0. The molecule has 2 rings (SSSR count). The number of hydrogen-bond acceptors (Lipinski definition) is 4. The third-order valence-electron chi connectivity index (χ3n) is 3.60. The molecule has 0 heterocycles. The van der Waals surface area contributed by atoms with E-state index in [0.717, 1.165) is 17.9 Å². The van der Waals surface area contributed by atoms with Gasteiger partial charge in [-0.1, -0.05) is 37.3 Å². The van der Waals surface area contributed by atoms with Gasteiger partial charge in [0.2, 0.25) is 0 Å². The summed E-state index contributed by atoms with van der Waals surface area (Å²) >= 11 is 0. The Kier molecular flexibility index (Phi) is 7.79. The van der Waals surface area contributed by atoms with Gasteiger partial charge < -0.3 is 20.1 Å². The van der Waals surface area contributed by atoms with Gasteiger partial charge in [-0.2, -0.15) is 0 Å². The highest BCUT2D eigenvalue weighted by Crippen LogP contribution is 2.18. The van der Waals surface area contributed by atoms with Crippen LogP contribution in [0.1, 0.15) is 19.4 Å². The molecule has 2 N–H and O–H groups in total. The lowest BCUT2D eigenvalue weighted by Crippen LogP contribution is -2.40. The SMILES string of the molecule is CCN[C@H](C)CNC(=O)COc1ccc(OCc2ccccc2)cc1. The number of amides is 1. The highest BCUT2D eigenvalue weighted by Gasteiger charge is 2.05. The van der Waals surface area contributed by atoms with Gasteiger partial charge >= 0.3 is 0 Å². The first kappa shape index (κ1) is 18.8. The van der Waals surface area contributed by atoms with E-state index in [-0.39, 0.29) is 18.6 Å². The van der Waals surface area contributed by atoms with Crippen molar-refractivity contribution in [3.05, 3.63) is 60.2 Å². The fraction of sp³-hybridized carbons (Fsp3) is 0.350. The van der Waals surface area contributed by atoms with E-state index in [2.05, 4.69) is 10.6 Å². The summed E-state index contributed by atoms with van der Waals surface area (Å²) in [4.78, 5) is 11.8. The third-order valence-corrected chi connectivity index (χ3v) is 3.60. The van der Waals surface area contributed by atoms with E-state index in [9.17, 15) is 4.79 Å². The maximum Gasteiger partial charge on any atom is 0.257 e. The van der Waals surface area contributed by atoms with Crippen molar-refractivity contribution >= 4 is 5.91 Å². The van der Waals surface area contributed by atoms with Crippen LogP contribution < -0.4 is 20.1 Å². The zero-order valence-electron chi connectivity index (χ0n) is 14.8. The lowest BCUT2D eigenvalue weighted by atomic mass is 10.2. The molecule has 0 spiro atoms. The Bertz CT molecular complexity index is 629. The third kappa shape index (κ3) is 7.27. The van der Waals surface area contributed by atoms with E-state index in [1.165, 1.54) is 0 Å². The topological polar surface area (TPSA) is 59.6 Å². The average molecular weight is 342 g/mol. The van der Waals surface area contributed by atoms with Gasteiger partial charge in [-0.15, -0.1) is 0 Å². The molecule has 134 valence electrons. The number of carbonyl (C=O) groups is 1. The van der Waals surface area contributed by atoms with E-state index < -0.39 is 0 Å². The molecule has 0 saturated heterocycles. The molecule has 0 aliphatic rings. The summed E-state index contributed by atoms with van der Waals surface area (Å²) in [6.45, 7) is 6.05. The quantitative estimate of drug-likeness (QED) is 0.697. The Balaban J connectivity index is 1.70. The highest BCUT2D eigenvalue weighted by atomic mass is 16.5. The van der Waals surface area contributed by atoms with Gasteiger partial charge in [0.15, 0.2) is 6.61 Å². The van der Waals surface area contributed by atoms with E-state index in [4.69, 9.17) is 9.47 Å². The molecule has 5 heteroatoms. The van der Waals surface area contributed by atoms with Crippen LogP contribution in [0.2, 0.25) is 0 Å². The van der Waals surface area contributed by atoms with Crippen LogP contribution in [0.25, 0.3) is 0 Å². The van der Waals surface area contributed by atoms with Gasteiger partial charge in [-0.3, -0.25) is 4.79 Å². The molecule has 0 saturated carbocycles. The zero-order chi connectivity index (χ0) is 17.9. The Morgan fingerprint density at radius 2 is 1.64 bits per heavy atom. The molecule has 0 radical (unpaired) electrons. The molecule has 2 aromatic carbocycles. The second kappa shape index (κ2) is 10.4. The van der Waals surface area contributed by atoms with Crippen LogP contribution in [0.5, 0.6) is 11.5 Å².